The number of hydrogen-bond donors (Lipinski definition) is 0. The molecule has 0 bridgehead atoms. The Kier molecular flexibility index (Phi) is 4.34. The number of rotatable bonds is 4. The van der Waals surface area contributed by atoms with Crippen LogP contribution >= 0.6 is 11.8 Å². The molecule has 0 unspecified atom stereocenters. The number of para-hydroxylation sites is 1. The lowest BCUT2D eigenvalue weighted by Gasteiger charge is -2.13. The van der Waals surface area contributed by atoms with Crippen LogP contribution in [0.15, 0.2) is 76.7 Å². The molecule has 4 nitrogen and oxygen atoms in total. The second-order valence-corrected chi connectivity index (χ2v) is 6.94. The van der Waals surface area contributed by atoms with Gasteiger partial charge in [0.15, 0.2) is 0 Å². The van der Waals surface area contributed by atoms with Crippen molar-refractivity contribution in [2.45, 2.75) is 10.8 Å². The topological polar surface area (TPSA) is 39.8 Å². The van der Waals surface area contributed by atoms with Crippen molar-refractivity contribution in [1.82, 2.24) is 14.3 Å². The van der Waals surface area contributed by atoms with Gasteiger partial charge in [0.25, 0.3) is 5.56 Å². The fraction of sp³-hybridized carbons (Fsp3) is 0.100. The van der Waals surface area contributed by atoms with E-state index in [1.165, 1.54) is 23.9 Å². The van der Waals surface area contributed by atoms with Crippen LogP contribution in [-0.4, -0.2) is 14.3 Å². The number of halogens is 1. The van der Waals surface area contributed by atoms with E-state index in [4.69, 9.17) is 0 Å². The van der Waals surface area contributed by atoms with Crippen molar-refractivity contribution in [1.29, 1.82) is 0 Å². The van der Waals surface area contributed by atoms with E-state index in [0.29, 0.717) is 11.1 Å². The number of pyridine rings is 1. The van der Waals surface area contributed by atoms with Gasteiger partial charge in [-0.1, -0.05) is 30.3 Å². The first-order valence-corrected chi connectivity index (χ1v) is 9.12. The van der Waals surface area contributed by atoms with Crippen molar-refractivity contribution in [3.63, 3.8) is 0 Å². The summed E-state index contributed by atoms with van der Waals surface area (Å²) in [6, 6.07) is 18.0. The van der Waals surface area contributed by atoms with Crippen molar-refractivity contribution in [3.05, 3.63) is 88.6 Å². The Balaban J connectivity index is 1.83. The molecule has 0 spiro atoms. The first kappa shape index (κ1) is 16.6. The predicted octanol–water partition coefficient (Wildman–Crippen LogP) is 4.16. The number of fused-ring (bicyclic) bond motifs is 1. The summed E-state index contributed by atoms with van der Waals surface area (Å²) in [6.07, 6.45) is 1.60. The fourth-order valence-electron chi connectivity index (χ4n) is 2.90. The average Bonchev–Trinajstić information content (AvgIpc) is 3.02. The van der Waals surface area contributed by atoms with Crippen molar-refractivity contribution >= 4 is 22.7 Å². The van der Waals surface area contributed by atoms with Gasteiger partial charge in [-0.15, -0.1) is 11.8 Å². The molecule has 2 aromatic carbocycles. The van der Waals surface area contributed by atoms with Gasteiger partial charge in [-0.25, -0.2) is 4.39 Å². The Bertz CT molecular complexity index is 1130. The van der Waals surface area contributed by atoms with Crippen molar-refractivity contribution in [2.24, 2.45) is 7.05 Å². The Morgan fingerprint density at radius 2 is 1.88 bits per heavy atom. The van der Waals surface area contributed by atoms with E-state index in [1.807, 2.05) is 49.5 Å². The summed E-state index contributed by atoms with van der Waals surface area (Å²) >= 11 is 1.50. The minimum atomic E-state index is -0.259. The van der Waals surface area contributed by atoms with Crippen molar-refractivity contribution in [2.75, 3.05) is 0 Å². The number of benzene rings is 2. The second-order valence-electron chi connectivity index (χ2n) is 5.94. The molecule has 2 aromatic heterocycles. The first-order chi connectivity index (χ1) is 12.6. The van der Waals surface area contributed by atoms with Crippen molar-refractivity contribution in [3.8, 4) is 5.69 Å². The van der Waals surface area contributed by atoms with Crippen LogP contribution in [0.3, 0.4) is 0 Å². The molecule has 0 fully saturated rings. The zero-order valence-corrected chi connectivity index (χ0v) is 14.9. The second kappa shape index (κ2) is 6.80. The van der Waals surface area contributed by atoms with E-state index in [-0.39, 0.29) is 11.4 Å². The molecule has 0 N–H and O–H groups in total. The average molecular weight is 365 g/mol. The maximum atomic E-state index is 13.4. The Morgan fingerprint density at radius 3 is 2.65 bits per heavy atom. The molecule has 2 heterocycles. The summed E-state index contributed by atoms with van der Waals surface area (Å²) < 4.78 is 16.8. The predicted molar refractivity (Wildman–Crippen MR) is 102 cm³/mol. The lowest BCUT2D eigenvalue weighted by molar-refractivity contribution is 0.626. The summed E-state index contributed by atoms with van der Waals surface area (Å²) in [4.78, 5) is 13.1. The highest BCUT2D eigenvalue weighted by molar-refractivity contribution is 7.98. The Labute approximate surface area is 153 Å². The highest BCUT2D eigenvalue weighted by Crippen LogP contribution is 2.27. The molecular formula is C20H16FN3OS. The normalized spacial score (nSPS) is 11.2. The zero-order valence-electron chi connectivity index (χ0n) is 14.1. The molecular weight excluding hydrogens is 349 g/mol. The highest BCUT2D eigenvalue weighted by Gasteiger charge is 2.14. The van der Waals surface area contributed by atoms with Gasteiger partial charge in [0.2, 0.25) is 0 Å². The van der Waals surface area contributed by atoms with Crippen LogP contribution < -0.4 is 5.56 Å². The molecule has 4 aromatic rings. The molecule has 0 aliphatic heterocycles. The lowest BCUT2D eigenvalue weighted by Crippen LogP contribution is -2.20. The number of nitrogens with zero attached hydrogens (tertiary/aromatic N) is 3. The van der Waals surface area contributed by atoms with Crippen LogP contribution in [0.1, 0.15) is 5.56 Å². The van der Waals surface area contributed by atoms with E-state index in [2.05, 4.69) is 5.10 Å². The number of thioether (sulfide) groups is 1. The summed E-state index contributed by atoms with van der Waals surface area (Å²) in [5.41, 5.74) is 2.34. The smallest absolute Gasteiger partial charge is 0.267 e. The van der Waals surface area contributed by atoms with Gasteiger partial charge in [-0.05, 0) is 35.9 Å². The van der Waals surface area contributed by atoms with Crippen LogP contribution in [0.2, 0.25) is 0 Å². The molecule has 0 radical (unpaired) electrons. The lowest BCUT2D eigenvalue weighted by atomic mass is 10.2. The molecule has 26 heavy (non-hydrogen) atoms. The third-order valence-electron chi connectivity index (χ3n) is 4.19. The Hall–Kier alpha value is -2.86. The van der Waals surface area contributed by atoms with Gasteiger partial charge >= 0.3 is 0 Å². The molecule has 0 atom stereocenters. The van der Waals surface area contributed by atoms with Gasteiger partial charge in [-0.3, -0.25) is 14.0 Å². The maximum absolute atomic E-state index is 13.4. The molecule has 0 saturated carbocycles. The number of aromatic nitrogens is 3. The van der Waals surface area contributed by atoms with Crippen LogP contribution in [0.25, 0.3) is 16.6 Å². The van der Waals surface area contributed by atoms with Crippen LogP contribution in [0.4, 0.5) is 4.39 Å². The minimum absolute atomic E-state index is 0.108. The zero-order chi connectivity index (χ0) is 18.1. The third kappa shape index (κ3) is 3.04. The molecule has 4 rings (SSSR count). The summed E-state index contributed by atoms with van der Waals surface area (Å²) in [7, 11) is 1.82. The van der Waals surface area contributed by atoms with E-state index in [0.717, 1.165) is 21.8 Å². The number of aryl methyl sites for hydroxylation is 1. The summed E-state index contributed by atoms with van der Waals surface area (Å²) in [5, 5.41) is 5.58. The fourth-order valence-corrected chi connectivity index (χ4v) is 3.90. The third-order valence-corrected chi connectivity index (χ3v) is 5.26. The minimum Gasteiger partial charge on any atom is -0.271 e. The SMILES string of the molecule is Cn1ncc2c(=O)n(-c3ccccc3)c(SCc3cccc(F)c3)cc21. The van der Waals surface area contributed by atoms with Crippen LogP contribution in [0.5, 0.6) is 0 Å². The molecule has 6 heteroatoms. The van der Waals surface area contributed by atoms with Crippen LogP contribution in [-0.2, 0) is 12.8 Å². The van der Waals surface area contributed by atoms with Gasteiger partial charge in [-0.2, -0.15) is 5.10 Å². The molecule has 130 valence electrons. The monoisotopic (exact) mass is 365 g/mol. The highest BCUT2D eigenvalue weighted by atomic mass is 32.2. The van der Waals surface area contributed by atoms with Gasteiger partial charge in [0.05, 0.1) is 22.1 Å². The molecule has 0 saturated heterocycles. The van der Waals surface area contributed by atoms with Gasteiger partial charge in [0, 0.05) is 18.5 Å². The van der Waals surface area contributed by atoms with E-state index < -0.39 is 0 Å². The molecule has 0 aliphatic rings. The quantitative estimate of drug-likeness (QED) is 0.510. The van der Waals surface area contributed by atoms with Gasteiger partial charge in [0.1, 0.15) is 5.82 Å². The maximum Gasteiger partial charge on any atom is 0.267 e. The van der Waals surface area contributed by atoms with E-state index in [1.54, 1.807) is 21.5 Å². The largest absolute Gasteiger partial charge is 0.271 e. The van der Waals surface area contributed by atoms with E-state index >= 15 is 0 Å². The first-order valence-electron chi connectivity index (χ1n) is 8.14. The molecule has 0 amide bonds. The Morgan fingerprint density at radius 1 is 1.08 bits per heavy atom. The molecule has 0 aliphatic carbocycles. The van der Waals surface area contributed by atoms with Gasteiger partial charge < -0.3 is 0 Å². The summed E-state index contributed by atoms with van der Waals surface area (Å²) in [5.74, 6) is 0.304. The standard InChI is InChI=1S/C20H16FN3OS/c1-23-18-11-19(26-13-14-6-5-7-15(21)10-14)24(16-8-3-2-4-9-16)20(25)17(18)12-22-23/h2-12H,13H2,1H3. The van der Waals surface area contributed by atoms with Crippen LogP contribution in [0, 0.1) is 5.82 Å². The summed E-state index contributed by atoms with van der Waals surface area (Å²) in [6.45, 7) is 0. The number of hydrogen-bond acceptors (Lipinski definition) is 3. The van der Waals surface area contributed by atoms with E-state index in [9.17, 15) is 9.18 Å². The van der Waals surface area contributed by atoms with Crippen molar-refractivity contribution < 1.29 is 4.39 Å².